The molecule has 6 amide bonds. The fraction of sp³-hybridized carbons (Fsp3) is 0.458. The quantitative estimate of drug-likeness (QED) is 0.113. The molecule has 6 aliphatic rings. The fourth-order valence-electron chi connectivity index (χ4n) is 11.3. The average Bonchev–Trinajstić information content (AvgIpc) is 3.87. The fourth-order valence-corrected chi connectivity index (χ4v) is 11.6. The number of halogens is 3. The Labute approximate surface area is 380 Å². The Morgan fingerprint density at radius 1 is 0.938 bits per heavy atom. The number of carbonyl (C=O) groups excluding carboxylic acids is 6. The number of rotatable bonds is 9. The van der Waals surface area contributed by atoms with E-state index in [4.69, 9.17) is 23.2 Å². The molecule has 5 aliphatic heterocycles. The lowest BCUT2D eigenvalue weighted by Gasteiger charge is -2.47. The second kappa shape index (κ2) is 17.9. The van der Waals surface area contributed by atoms with Crippen LogP contribution in [0.25, 0.3) is 0 Å². The largest absolute Gasteiger partial charge is 0.355 e. The Morgan fingerprint density at radius 2 is 1.72 bits per heavy atom. The summed E-state index contributed by atoms with van der Waals surface area (Å²) >= 11 is 12.8. The van der Waals surface area contributed by atoms with Crippen LogP contribution in [0.3, 0.4) is 0 Å². The Morgan fingerprint density at radius 3 is 2.50 bits per heavy atom. The zero-order valence-corrected chi connectivity index (χ0v) is 36.8. The van der Waals surface area contributed by atoms with Crippen LogP contribution in [-0.4, -0.2) is 95.1 Å². The lowest BCUT2D eigenvalue weighted by molar-refractivity contribution is -0.137. The summed E-state index contributed by atoms with van der Waals surface area (Å²) < 4.78 is 16.3. The zero-order valence-electron chi connectivity index (χ0n) is 35.3. The molecule has 4 atom stereocenters. The highest BCUT2D eigenvalue weighted by molar-refractivity contribution is 6.31. The first-order chi connectivity index (χ1) is 30.9. The maximum Gasteiger partial charge on any atom is 0.255 e. The molecule has 64 heavy (non-hydrogen) atoms. The van der Waals surface area contributed by atoms with Crippen LogP contribution in [0.15, 0.2) is 54.6 Å². The third-order valence-corrected chi connectivity index (χ3v) is 14.7. The number of amides is 6. The molecular weight excluding hydrogens is 860 g/mol. The van der Waals surface area contributed by atoms with Gasteiger partial charge in [0, 0.05) is 78.4 Å². The van der Waals surface area contributed by atoms with Crippen molar-refractivity contribution in [3.63, 3.8) is 0 Å². The molecule has 3 saturated heterocycles. The molecule has 334 valence electrons. The molecular formula is C48H50Cl2FN7O6. The molecule has 3 aromatic carbocycles. The lowest BCUT2D eigenvalue weighted by atomic mass is 9.55. The summed E-state index contributed by atoms with van der Waals surface area (Å²) in [7, 11) is 0. The molecule has 3 aromatic rings. The van der Waals surface area contributed by atoms with Gasteiger partial charge in [0.2, 0.25) is 29.5 Å². The number of anilines is 1. The second-order valence-corrected chi connectivity index (χ2v) is 18.7. The molecule has 16 heteroatoms. The number of benzene rings is 3. The van der Waals surface area contributed by atoms with Crippen LogP contribution in [0.2, 0.25) is 10.0 Å². The molecule has 2 spiro atoms. The van der Waals surface area contributed by atoms with E-state index in [2.05, 4.69) is 43.3 Å². The van der Waals surface area contributed by atoms with Crippen molar-refractivity contribution in [2.45, 2.75) is 112 Å². The number of piperidine rings is 2. The van der Waals surface area contributed by atoms with Gasteiger partial charge in [-0.3, -0.25) is 44.3 Å². The van der Waals surface area contributed by atoms with E-state index >= 15 is 4.39 Å². The molecule has 1 saturated carbocycles. The maximum atomic E-state index is 16.3. The Bertz CT molecular complexity index is 2490. The first-order valence-electron chi connectivity index (χ1n) is 22.3. The summed E-state index contributed by atoms with van der Waals surface area (Å²) in [6.45, 7) is 2.08. The standard InChI is InChI=1S/C48H50Cl2FN7O6/c49-29-14-15-34-36(25-29)54-46(64)48(34)40(32-12-8-13-35(50)41(32)51)42(56-47(48)20-4-2-5-21-47)44(62)53-30-18-23-57(24-19-30)27-39(60)52-22-6-1-3-9-28-10-7-11-31-33(28)26-58(45(31)63)37-16-17-38(59)55-43(37)61/h7-8,10-15,25,30,37,40,42,56H,1-2,4-6,16-24,26-27H2,(H,52,60)(H,53,62)(H,54,64)(H,55,59,61)/t37?,40-,42+,48+/m0/s1. The normalized spacial score (nSPS) is 25.1. The third kappa shape index (κ3) is 7.84. The number of hydrogen-bond donors (Lipinski definition) is 5. The number of carbonyl (C=O) groups is 6. The van der Waals surface area contributed by atoms with E-state index in [1.807, 2.05) is 12.1 Å². The van der Waals surface area contributed by atoms with Gasteiger partial charge >= 0.3 is 0 Å². The molecule has 0 aromatic heterocycles. The number of nitrogens with one attached hydrogen (secondary N) is 5. The SMILES string of the molecule is O=C(CN1CCC(NC(=O)[C@@H]2NC3(CCCCC3)[C@@]3(C(=O)Nc4cc(Cl)ccc43)[C@H]2c2cccc(Cl)c2F)CC1)NCCCC#Cc1cccc2c1CN(C1CCC(=O)NC1=O)C2=O. The predicted octanol–water partition coefficient (Wildman–Crippen LogP) is 5.07. The monoisotopic (exact) mass is 909 g/mol. The van der Waals surface area contributed by atoms with E-state index in [0.717, 1.165) is 24.8 Å². The van der Waals surface area contributed by atoms with Crippen LogP contribution in [0.4, 0.5) is 10.1 Å². The number of imide groups is 1. The maximum absolute atomic E-state index is 16.3. The number of unbranched alkanes of at least 4 members (excludes halogenated alkanes) is 1. The first kappa shape index (κ1) is 43.9. The predicted molar refractivity (Wildman–Crippen MR) is 238 cm³/mol. The summed E-state index contributed by atoms with van der Waals surface area (Å²) in [5, 5.41) is 15.7. The van der Waals surface area contributed by atoms with Crippen molar-refractivity contribution in [3.05, 3.63) is 98.3 Å². The lowest BCUT2D eigenvalue weighted by Crippen LogP contribution is -2.60. The van der Waals surface area contributed by atoms with E-state index in [-0.39, 0.29) is 65.7 Å². The van der Waals surface area contributed by atoms with E-state index in [1.54, 1.807) is 36.4 Å². The minimum atomic E-state index is -1.31. The summed E-state index contributed by atoms with van der Waals surface area (Å²) in [6.07, 6.45) is 6.79. The van der Waals surface area contributed by atoms with Gasteiger partial charge in [-0.05, 0) is 85.5 Å². The Balaban J connectivity index is 0.792. The molecule has 1 aliphatic carbocycles. The summed E-state index contributed by atoms with van der Waals surface area (Å²) in [6, 6.07) is 13.6. The minimum absolute atomic E-state index is 0.0792. The highest BCUT2D eigenvalue weighted by Gasteiger charge is 2.72. The van der Waals surface area contributed by atoms with E-state index in [9.17, 15) is 28.8 Å². The van der Waals surface area contributed by atoms with Crippen LogP contribution >= 0.6 is 23.2 Å². The highest BCUT2D eigenvalue weighted by atomic mass is 35.5. The highest BCUT2D eigenvalue weighted by Crippen LogP contribution is 2.62. The van der Waals surface area contributed by atoms with Crippen molar-refractivity contribution >= 4 is 64.3 Å². The molecule has 0 radical (unpaired) electrons. The zero-order chi connectivity index (χ0) is 44.8. The Hall–Kier alpha value is -5.33. The van der Waals surface area contributed by atoms with Gasteiger partial charge < -0.3 is 20.9 Å². The molecule has 5 heterocycles. The van der Waals surface area contributed by atoms with Crippen molar-refractivity contribution in [2.75, 3.05) is 31.5 Å². The molecule has 0 bridgehead atoms. The van der Waals surface area contributed by atoms with Crippen LogP contribution in [-0.2, 0) is 35.9 Å². The van der Waals surface area contributed by atoms with Gasteiger partial charge in [-0.25, -0.2) is 4.39 Å². The molecule has 4 fully saturated rings. The summed E-state index contributed by atoms with van der Waals surface area (Å²) in [4.78, 5) is 83.0. The van der Waals surface area contributed by atoms with Crippen LogP contribution in [0, 0.1) is 17.7 Å². The smallest absolute Gasteiger partial charge is 0.255 e. The van der Waals surface area contributed by atoms with E-state index < -0.39 is 40.7 Å². The van der Waals surface area contributed by atoms with Gasteiger partial charge in [-0.2, -0.15) is 0 Å². The van der Waals surface area contributed by atoms with Crippen LogP contribution in [0.1, 0.15) is 109 Å². The topological polar surface area (TPSA) is 169 Å². The van der Waals surface area contributed by atoms with Gasteiger partial charge in [-0.15, -0.1) is 0 Å². The molecule has 5 N–H and O–H groups in total. The van der Waals surface area contributed by atoms with Crippen molar-refractivity contribution in [3.8, 4) is 11.8 Å². The number of fused-ring (bicyclic) bond motifs is 4. The summed E-state index contributed by atoms with van der Waals surface area (Å²) in [5.74, 6) is 3.03. The van der Waals surface area contributed by atoms with Gasteiger partial charge in [-0.1, -0.05) is 78.6 Å². The van der Waals surface area contributed by atoms with E-state index in [0.29, 0.717) is 92.0 Å². The number of hydrogen-bond acceptors (Lipinski definition) is 8. The van der Waals surface area contributed by atoms with Crippen molar-refractivity contribution in [2.24, 2.45) is 0 Å². The first-order valence-corrected chi connectivity index (χ1v) is 23.0. The number of likely N-dealkylation sites (tertiary alicyclic amines) is 1. The van der Waals surface area contributed by atoms with Gasteiger partial charge in [0.05, 0.1) is 17.6 Å². The summed E-state index contributed by atoms with van der Waals surface area (Å²) in [5.41, 5.74) is 1.34. The van der Waals surface area contributed by atoms with Crippen LogP contribution < -0.4 is 26.6 Å². The number of nitrogens with zero attached hydrogens (tertiary/aromatic N) is 2. The third-order valence-electron chi connectivity index (χ3n) is 14.2. The van der Waals surface area contributed by atoms with Gasteiger partial charge in [0.15, 0.2) is 0 Å². The van der Waals surface area contributed by atoms with Gasteiger partial charge in [0.25, 0.3) is 5.91 Å². The minimum Gasteiger partial charge on any atom is -0.355 e. The average molecular weight is 911 g/mol. The Kier molecular flexibility index (Phi) is 12.3. The molecule has 13 nitrogen and oxygen atoms in total. The van der Waals surface area contributed by atoms with Gasteiger partial charge in [0.1, 0.15) is 17.3 Å². The van der Waals surface area contributed by atoms with Crippen LogP contribution in [0.5, 0.6) is 0 Å². The molecule has 9 rings (SSSR count). The van der Waals surface area contributed by atoms with Crippen molar-refractivity contribution in [1.82, 2.24) is 31.1 Å². The van der Waals surface area contributed by atoms with E-state index in [1.165, 1.54) is 11.0 Å². The van der Waals surface area contributed by atoms with Crippen molar-refractivity contribution < 1.29 is 33.2 Å². The molecule has 1 unspecified atom stereocenters. The van der Waals surface area contributed by atoms with Crippen molar-refractivity contribution in [1.29, 1.82) is 0 Å². The second-order valence-electron chi connectivity index (χ2n) is 17.9.